The van der Waals surface area contributed by atoms with Gasteiger partial charge in [0.2, 0.25) is 0 Å². The Kier molecular flexibility index (Phi) is 4.02. The molecule has 24 heavy (non-hydrogen) atoms. The predicted octanol–water partition coefficient (Wildman–Crippen LogP) is 4.33. The molecule has 1 aromatic carbocycles. The third-order valence-electron chi connectivity index (χ3n) is 5.36. The first-order valence-electron chi connectivity index (χ1n) is 8.73. The number of anilines is 1. The van der Waals surface area contributed by atoms with Crippen LogP contribution >= 0.6 is 0 Å². The number of nitrogens with one attached hydrogen (secondary N) is 1. The highest BCUT2D eigenvalue weighted by molar-refractivity contribution is 6.06. The average Bonchev–Trinajstić information content (AvgIpc) is 2.93. The Morgan fingerprint density at radius 2 is 2.12 bits per heavy atom. The molecule has 1 aliphatic rings. The van der Waals surface area contributed by atoms with Gasteiger partial charge in [-0.2, -0.15) is 5.10 Å². The Morgan fingerprint density at radius 1 is 1.42 bits per heavy atom. The molecule has 0 fully saturated rings. The van der Waals surface area contributed by atoms with Crippen molar-refractivity contribution in [2.24, 2.45) is 7.05 Å². The molecule has 1 atom stereocenters. The van der Waals surface area contributed by atoms with Crippen LogP contribution in [0.2, 0.25) is 0 Å². The topological polar surface area (TPSA) is 46.9 Å². The van der Waals surface area contributed by atoms with Gasteiger partial charge < -0.3 is 5.32 Å². The number of hydrogen-bond acceptors (Lipinski definition) is 2. The maximum atomic E-state index is 12.9. The number of carbonyl (C=O) groups excluding carboxylic acids is 1. The fraction of sp³-hybridized carbons (Fsp3) is 0.500. The molecule has 1 aliphatic carbocycles. The van der Waals surface area contributed by atoms with E-state index in [2.05, 4.69) is 37.3 Å². The highest BCUT2D eigenvalue weighted by Crippen LogP contribution is 2.48. The van der Waals surface area contributed by atoms with Crippen molar-refractivity contribution in [3.05, 3.63) is 46.3 Å². The summed E-state index contributed by atoms with van der Waals surface area (Å²) < 4.78 is 1.79. The van der Waals surface area contributed by atoms with Crippen molar-refractivity contribution in [1.82, 2.24) is 9.78 Å². The number of hydrogen-bond donors (Lipinski definition) is 1. The molecule has 1 unspecified atom stereocenters. The van der Waals surface area contributed by atoms with E-state index in [-0.39, 0.29) is 11.3 Å². The molecule has 2 aromatic rings. The van der Waals surface area contributed by atoms with Crippen LogP contribution in [0.3, 0.4) is 0 Å². The molecule has 0 spiro atoms. The van der Waals surface area contributed by atoms with Gasteiger partial charge in [-0.25, -0.2) is 0 Å². The van der Waals surface area contributed by atoms with Crippen molar-refractivity contribution in [1.29, 1.82) is 0 Å². The van der Waals surface area contributed by atoms with Crippen LogP contribution in [0, 0.1) is 6.92 Å². The predicted molar refractivity (Wildman–Crippen MR) is 97.8 cm³/mol. The highest BCUT2D eigenvalue weighted by Gasteiger charge is 2.36. The van der Waals surface area contributed by atoms with Gasteiger partial charge in [0.15, 0.2) is 0 Å². The molecule has 0 aliphatic heterocycles. The molecule has 1 N–H and O–H groups in total. The van der Waals surface area contributed by atoms with E-state index >= 15 is 0 Å². The van der Waals surface area contributed by atoms with Gasteiger partial charge in [0.05, 0.1) is 11.3 Å². The van der Waals surface area contributed by atoms with Gasteiger partial charge in [-0.15, -0.1) is 0 Å². The van der Waals surface area contributed by atoms with Crippen LogP contribution < -0.4 is 5.32 Å². The Hall–Kier alpha value is -2.10. The zero-order valence-electron chi connectivity index (χ0n) is 15.5. The molecule has 4 nitrogen and oxygen atoms in total. The van der Waals surface area contributed by atoms with Gasteiger partial charge in [0.1, 0.15) is 0 Å². The Labute approximate surface area is 144 Å². The highest BCUT2D eigenvalue weighted by atomic mass is 16.1. The van der Waals surface area contributed by atoms with Gasteiger partial charge in [-0.1, -0.05) is 39.8 Å². The number of nitrogens with zero attached hydrogens (tertiary/aromatic N) is 2. The summed E-state index contributed by atoms with van der Waals surface area (Å²) in [6.45, 7) is 10.8. The lowest BCUT2D eigenvalue weighted by Crippen LogP contribution is -2.16. The summed E-state index contributed by atoms with van der Waals surface area (Å²) in [5, 5.41) is 7.62. The third-order valence-corrected chi connectivity index (χ3v) is 5.36. The summed E-state index contributed by atoms with van der Waals surface area (Å²) >= 11 is 0. The molecule has 0 saturated carbocycles. The van der Waals surface area contributed by atoms with E-state index in [9.17, 15) is 4.79 Å². The van der Waals surface area contributed by atoms with Crippen LogP contribution in [-0.2, 0) is 18.9 Å². The summed E-state index contributed by atoms with van der Waals surface area (Å²) in [7, 11) is 1.89. The zero-order chi connectivity index (χ0) is 17.6. The fourth-order valence-corrected chi connectivity index (χ4v) is 4.18. The van der Waals surface area contributed by atoms with E-state index in [4.69, 9.17) is 0 Å². The van der Waals surface area contributed by atoms with Crippen LogP contribution in [0.25, 0.3) is 0 Å². The van der Waals surface area contributed by atoms with E-state index in [1.54, 1.807) is 4.68 Å². The first-order chi connectivity index (χ1) is 11.3. The standard InChI is InChI=1S/C20H27N3O/c1-7-15-18(13(3)23(6)22-15)19(24)21-16-10-8-9-14-17(16)12(2)11-20(14,4)5/h8-10,12H,7,11H2,1-6H3,(H,21,24). The lowest BCUT2D eigenvalue weighted by molar-refractivity contribution is 0.102. The van der Waals surface area contributed by atoms with Crippen molar-refractivity contribution < 1.29 is 4.79 Å². The van der Waals surface area contributed by atoms with Crippen molar-refractivity contribution in [3.63, 3.8) is 0 Å². The lowest BCUT2D eigenvalue weighted by atomic mass is 9.86. The SMILES string of the molecule is CCc1nn(C)c(C)c1C(=O)Nc1cccc2c1C(C)CC2(C)C. The second-order valence-electron chi connectivity index (χ2n) is 7.59. The molecule has 1 aromatic heterocycles. The summed E-state index contributed by atoms with van der Waals surface area (Å²) in [6.07, 6.45) is 1.86. The zero-order valence-corrected chi connectivity index (χ0v) is 15.5. The minimum absolute atomic E-state index is 0.0530. The third kappa shape index (κ3) is 2.54. The second kappa shape index (κ2) is 5.76. The first-order valence-corrected chi connectivity index (χ1v) is 8.73. The summed E-state index contributed by atoms with van der Waals surface area (Å²) in [6, 6.07) is 6.26. The van der Waals surface area contributed by atoms with Crippen LogP contribution in [0.15, 0.2) is 18.2 Å². The largest absolute Gasteiger partial charge is 0.322 e. The fourth-order valence-electron chi connectivity index (χ4n) is 4.18. The van der Waals surface area contributed by atoms with Gasteiger partial charge in [-0.3, -0.25) is 9.48 Å². The number of rotatable bonds is 3. The van der Waals surface area contributed by atoms with E-state index in [1.807, 2.05) is 33.0 Å². The van der Waals surface area contributed by atoms with Crippen molar-refractivity contribution in [2.45, 2.75) is 58.8 Å². The van der Waals surface area contributed by atoms with E-state index < -0.39 is 0 Å². The van der Waals surface area contributed by atoms with Crippen LogP contribution in [0.4, 0.5) is 5.69 Å². The molecule has 1 heterocycles. The quantitative estimate of drug-likeness (QED) is 0.913. The minimum Gasteiger partial charge on any atom is -0.322 e. The summed E-state index contributed by atoms with van der Waals surface area (Å²) in [4.78, 5) is 12.9. The Bertz CT molecular complexity index is 801. The Morgan fingerprint density at radius 3 is 2.79 bits per heavy atom. The number of carbonyl (C=O) groups is 1. The maximum Gasteiger partial charge on any atom is 0.259 e. The van der Waals surface area contributed by atoms with Crippen LogP contribution in [0.1, 0.15) is 72.9 Å². The van der Waals surface area contributed by atoms with Crippen LogP contribution in [0.5, 0.6) is 0 Å². The Balaban J connectivity index is 1.99. The van der Waals surface area contributed by atoms with Gasteiger partial charge in [-0.05, 0) is 48.3 Å². The van der Waals surface area contributed by atoms with Crippen LogP contribution in [-0.4, -0.2) is 15.7 Å². The average molecular weight is 325 g/mol. The van der Waals surface area contributed by atoms with E-state index in [1.165, 1.54) is 11.1 Å². The molecule has 0 saturated heterocycles. The number of benzene rings is 1. The smallest absolute Gasteiger partial charge is 0.259 e. The molecular weight excluding hydrogens is 298 g/mol. The van der Waals surface area contributed by atoms with Gasteiger partial charge in [0, 0.05) is 18.4 Å². The normalized spacial score (nSPS) is 18.5. The molecule has 1 amide bonds. The molecule has 4 heteroatoms. The number of aromatic nitrogens is 2. The molecule has 0 radical (unpaired) electrons. The monoisotopic (exact) mass is 325 g/mol. The minimum atomic E-state index is -0.0530. The number of aryl methyl sites for hydroxylation is 2. The maximum absolute atomic E-state index is 12.9. The van der Waals surface area contributed by atoms with Gasteiger partial charge in [0.25, 0.3) is 5.91 Å². The molecular formula is C20H27N3O. The summed E-state index contributed by atoms with van der Waals surface area (Å²) in [5.74, 6) is 0.398. The summed E-state index contributed by atoms with van der Waals surface area (Å²) in [5.41, 5.74) is 6.22. The number of amides is 1. The van der Waals surface area contributed by atoms with Crippen molar-refractivity contribution in [2.75, 3.05) is 5.32 Å². The van der Waals surface area contributed by atoms with Crippen molar-refractivity contribution in [3.8, 4) is 0 Å². The van der Waals surface area contributed by atoms with Gasteiger partial charge >= 0.3 is 0 Å². The lowest BCUT2D eigenvalue weighted by Gasteiger charge is -2.19. The second-order valence-corrected chi connectivity index (χ2v) is 7.59. The molecule has 0 bridgehead atoms. The first kappa shape index (κ1) is 16.7. The van der Waals surface area contributed by atoms with E-state index in [0.29, 0.717) is 11.5 Å². The molecule has 3 rings (SSSR count). The molecule has 128 valence electrons. The van der Waals surface area contributed by atoms with Crippen molar-refractivity contribution >= 4 is 11.6 Å². The van der Waals surface area contributed by atoms with E-state index in [0.717, 1.165) is 29.9 Å². The number of fused-ring (bicyclic) bond motifs is 1.